The molecule has 2 aromatic carbocycles. The van der Waals surface area contributed by atoms with E-state index in [1.54, 1.807) is 36.4 Å². The third-order valence-electron chi connectivity index (χ3n) is 8.46. The van der Waals surface area contributed by atoms with Gasteiger partial charge in [-0.2, -0.15) is 11.8 Å². The van der Waals surface area contributed by atoms with Crippen molar-refractivity contribution < 1.29 is 28.7 Å². The summed E-state index contributed by atoms with van der Waals surface area (Å²) >= 11 is 8.00. The predicted octanol–water partition coefficient (Wildman–Crippen LogP) is 6.11. The van der Waals surface area contributed by atoms with Gasteiger partial charge in [-0.15, -0.1) is 0 Å². The first-order chi connectivity index (χ1) is 22.2. The monoisotopic (exact) mass is 670 g/mol. The Morgan fingerprint density at radius 2 is 1.80 bits per heavy atom. The van der Waals surface area contributed by atoms with E-state index in [9.17, 15) is 19.2 Å². The van der Waals surface area contributed by atoms with Crippen molar-refractivity contribution in [2.24, 2.45) is 5.92 Å². The van der Waals surface area contributed by atoms with Gasteiger partial charge in [-0.25, -0.2) is 4.79 Å². The molecule has 1 unspecified atom stereocenters. The lowest BCUT2D eigenvalue weighted by atomic mass is 10.0. The van der Waals surface area contributed by atoms with Crippen LogP contribution in [0.15, 0.2) is 36.4 Å². The Morgan fingerprint density at radius 1 is 0.978 bits per heavy atom. The number of anilines is 2. The number of unbranched alkanes of at least 4 members (excludes halogenated alkanes) is 1. The molecule has 1 saturated carbocycles. The van der Waals surface area contributed by atoms with Gasteiger partial charge in [0.05, 0.1) is 24.4 Å². The number of hydrogen-bond acceptors (Lipinski definition) is 7. The molecule has 2 saturated heterocycles. The highest BCUT2D eigenvalue weighted by Gasteiger charge is 2.42. The SMILES string of the molecule is Cc1cc(NC(=O)c2ccc(OCCOCCCC(=O)CCCCC3SC[C@H]4NC(=O)N[C@H]34)c(NC(=O)CC3CC3)c2)ccc1Cl. The number of carbonyl (C=O) groups is 4. The minimum absolute atomic E-state index is 0.0668. The molecule has 12 heteroatoms. The van der Waals surface area contributed by atoms with Gasteiger partial charge in [-0.1, -0.05) is 18.0 Å². The quantitative estimate of drug-likeness (QED) is 0.111. The van der Waals surface area contributed by atoms with E-state index >= 15 is 0 Å². The Balaban J connectivity index is 0.997. The highest BCUT2D eigenvalue weighted by atomic mass is 35.5. The Hall–Kier alpha value is -3.28. The number of benzene rings is 2. The summed E-state index contributed by atoms with van der Waals surface area (Å²) in [6.07, 6.45) is 7.12. The molecule has 5 rings (SSSR count). The van der Waals surface area contributed by atoms with E-state index in [1.807, 2.05) is 18.7 Å². The minimum Gasteiger partial charge on any atom is -0.489 e. The van der Waals surface area contributed by atoms with E-state index in [2.05, 4.69) is 21.3 Å². The minimum atomic E-state index is -0.314. The van der Waals surface area contributed by atoms with Crippen LogP contribution in [0.25, 0.3) is 0 Å². The van der Waals surface area contributed by atoms with Gasteiger partial charge in [0.25, 0.3) is 5.91 Å². The smallest absolute Gasteiger partial charge is 0.315 e. The van der Waals surface area contributed by atoms with Gasteiger partial charge in [0.15, 0.2) is 0 Å². The number of Topliss-reactive ketones (excluding diaryl/α,β-unsaturated/α-hetero) is 1. The molecule has 0 aromatic heterocycles. The lowest BCUT2D eigenvalue weighted by molar-refractivity contribution is -0.119. The fourth-order valence-electron chi connectivity index (χ4n) is 5.73. The number of amides is 4. The number of urea groups is 1. The molecule has 0 spiro atoms. The molecule has 3 fully saturated rings. The molecule has 248 valence electrons. The van der Waals surface area contributed by atoms with Crippen LogP contribution in [0, 0.1) is 12.8 Å². The highest BCUT2D eigenvalue weighted by Crippen LogP contribution is 2.34. The van der Waals surface area contributed by atoms with Crippen molar-refractivity contribution in [2.45, 2.75) is 82.0 Å². The van der Waals surface area contributed by atoms with Crippen molar-refractivity contribution in [1.29, 1.82) is 0 Å². The van der Waals surface area contributed by atoms with Gasteiger partial charge in [0, 0.05) is 53.1 Å². The second kappa shape index (κ2) is 16.5. The molecular formula is C34H43ClN4O6S. The number of ether oxygens (including phenoxy) is 2. The van der Waals surface area contributed by atoms with E-state index in [0.717, 1.165) is 43.4 Å². The number of ketones is 1. The fourth-order valence-corrected chi connectivity index (χ4v) is 7.39. The first kappa shape index (κ1) is 34.1. The van der Waals surface area contributed by atoms with Gasteiger partial charge >= 0.3 is 6.03 Å². The first-order valence-electron chi connectivity index (χ1n) is 16.2. The maximum atomic E-state index is 13.0. The molecule has 3 atom stereocenters. The third kappa shape index (κ3) is 10.1. The average Bonchev–Trinajstić information content (AvgIpc) is 3.65. The Bertz CT molecular complexity index is 1420. The Kier molecular flexibility index (Phi) is 12.2. The molecule has 3 aliphatic rings. The predicted molar refractivity (Wildman–Crippen MR) is 181 cm³/mol. The van der Waals surface area contributed by atoms with E-state index in [-0.39, 0.29) is 42.3 Å². The Morgan fingerprint density at radius 3 is 2.61 bits per heavy atom. The van der Waals surface area contributed by atoms with Gasteiger partial charge < -0.3 is 30.7 Å². The number of aryl methyl sites for hydroxylation is 1. The topological polar surface area (TPSA) is 135 Å². The molecular weight excluding hydrogens is 628 g/mol. The number of fused-ring (bicyclic) bond motifs is 1. The summed E-state index contributed by atoms with van der Waals surface area (Å²) < 4.78 is 11.6. The summed E-state index contributed by atoms with van der Waals surface area (Å²) in [4.78, 5) is 49.4. The van der Waals surface area contributed by atoms with E-state index in [0.29, 0.717) is 77.8 Å². The number of rotatable bonds is 18. The van der Waals surface area contributed by atoms with Crippen LogP contribution in [0.4, 0.5) is 16.2 Å². The summed E-state index contributed by atoms with van der Waals surface area (Å²) in [5, 5.41) is 12.8. The van der Waals surface area contributed by atoms with Crippen molar-refractivity contribution >= 4 is 58.4 Å². The first-order valence-corrected chi connectivity index (χ1v) is 17.6. The summed E-state index contributed by atoms with van der Waals surface area (Å²) in [7, 11) is 0. The van der Waals surface area contributed by atoms with Gasteiger partial charge in [-0.3, -0.25) is 14.4 Å². The second-order valence-electron chi connectivity index (χ2n) is 12.3. The number of nitrogens with one attached hydrogen (secondary N) is 4. The van der Waals surface area contributed by atoms with Gasteiger partial charge in [0.1, 0.15) is 18.1 Å². The van der Waals surface area contributed by atoms with E-state index in [4.69, 9.17) is 21.1 Å². The number of thioether (sulfide) groups is 1. The summed E-state index contributed by atoms with van der Waals surface area (Å²) in [6, 6.07) is 10.6. The molecule has 2 heterocycles. The third-order valence-corrected chi connectivity index (χ3v) is 10.4. The van der Waals surface area contributed by atoms with Crippen LogP contribution in [0.5, 0.6) is 5.75 Å². The van der Waals surface area contributed by atoms with Crippen molar-refractivity contribution in [2.75, 3.05) is 36.2 Å². The highest BCUT2D eigenvalue weighted by molar-refractivity contribution is 8.00. The zero-order valence-electron chi connectivity index (χ0n) is 26.2. The molecule has 2 aliphatic heterocycles. The summed E-state index contributed by atoms with van der Waals surface area (Å²) in [6.45, 7) is 2.91. The molecule has 46 heavy (non-hydrogen) atoms. The maximum Gasteiger partial charge on any atom is 0.315 e. The number of carbonyl (C=O) groups excluding carboxylic acids is 4. The van der Waals surface area contributed by atoms with Crippen LogP contribution in [0.2, 0.25) is 5.02 Å². The van der Waals surface area contributed by atoms with Crippen molar-refractivity contribution in [3.8, 4) is 5.75 Å². The standard InChI is InChI=1S/C34H43ClN4O6S/c1-21-17-24(11-12-26(21)35)36-33(42)23-10-13-29(27(19-23)37-31(41)18-22-8-9-22)45-16-15-44-14-4-6-25(40)5-2-3-7-30-32-28(20-46-30)38-34(43)39-32/h10-13,17,19,22,28,30,32H,2-9,14-16,18,20H2,1H3,(H,36,42)(H,37,41)(H2,38,39,43)/t28-,30?,32+/m1/s1. The zero-order chi connectivity index (χ0) is 32.5. The number of halogens is 1. The largest absolute Gasteiger partial charge is 0.489 e. The summed E-state index contributed by atoms with van der Waals surface area (Å²) in [5.74, 6) is 1.65. The molecule has 2 aromatic rings. The zero-order valence-corrected chi connectivity index (χ0v) is 27.8. The fraction of sp³-hybridized carbons (Fsp3) is 0.529. The van der Waals surface area contributed by atoms with E-state index in [1.165, 1.54) is 0 Å². The van der Waals surface area contributed by atoms with Crippen molar-refractivity contribution in [1.82, 2.24) is 10.6 Å². The average molecular weight is 671 g/mol. The van der Waals surface area contributed by atoms with Crippen LogP contribution in [0.3, 0.4) is 0 Å². The number of hydrogen-bond donors (Lipinski definition) is 4. The van der Waals surface area contributed by atoms with Crippen molar-refractivity contribution in [3.05, 3.63) is 52.5 Å². The van der Waals surface area contributed by atoms with Crippen LogP contribution < -0.4 is 26.0 Å². The lowest BCUT2D eigenvalue weighted by Gasteiger charge is -2.16. The van der Waals surface area contributed by atoms with Gasteiger partial charge in [-0.05, 0) is 86.9 Å². The normalized spacial score (nSPS) is 20.0. The Labute approximate surface area is 279 Å². The van der Waals surface area contributed by atoms with E-state index < -0.39 is 0 Å². The second-order valence-corrected chi connectivity index (χ2v) is 14.0. The lowest BCUT2D eigenvalue weighted by Crippen LogP contribution is -2.36. The van der Waals surface area contributed by atoms with Crippen LogP contribution >= 0.6 is 23.4 Å². The van der Waals surface area contributed by atoms with Crippen molar-refractivity contribution in [3.63, 3.8) is 0 Å². The molecule has 4 amide bonds. The van der Waals surface area contributed by atoms with Gasteiger partial charge in [0.2, 0.25) is 5.91 Å². The molecule has 1 aliphatic carbocycles. The molecule has 0 radical (unpaired) electrons. The molecule has 10 nitrogen and oxygen atoms in total. The molecule has 0 bridgehead atoms. The van der Waals surface area contributed by atoms with Crippen LogP contribution in [-0.2, 0) is 14.3 Å². The summed E-state index contributed by atoms with van der Waals surface area (Å²) in [5.41, 5.74) is 2.30. The van der Waals surface area contributed by atoms with Crippen LogP contribution in [0.1, 0.15) is 73.7 Å². The molecule has 4 N–H and O–H groups in total. The maximum absolute atomic E-state index is 13.0. The van der Waals surface area contributed by atoms with Crippen LogP contribution in [-0.4, -0.2) is 66.5 Å².